The molecule has 0 unspecified atom stereocenters. The number of rotatable bonds is 5. The lowest BCUT2D eigenvalue weighted by Crippen LogP contribution is -2.14. The van der Waals surface area contributed by atoms with Crippen LogP contribution in [0.1, 0.15) is 37.8 Å². The van der Waals surface area contributed by atoms with Crippen molar-refractivity contribution in [2.75, 3.05) is 0 Å². The fourth-order valence-corrected chi connectivity index (χ4v) is 4.72. The van der Waals surface area contributed by atoms with Gasteiger partial charge < -0.3 is 0 Å². The minimum Gasteiger partial charge on any atom is -0.231 e. The highest BCUT2D eigenvalue weighted by atomic mass is 79.9. The largest absolute Gasteiger partial charge is 0.231 e. The van der Waals surface area contributed by atoms with E-state index < -0.39 is 0 Å². The van der Waals surface area contributed by atoms with Gasteiger partial charge in [0, 0.05) is 21.0 Å². The van der Waals surface area contributed by atoms with Crippen molar-refractivity contribution >= 4 is 38.9 Å². The van der Waals surface area contributed by atoms with Crippen molar-refractivity contribution < 1.29 is 0 Å². The van der Waals surface area contributed by atoms with Gasteiger partial charge in [0.2, 0.25) is 0 Å². The molecule has 2 heterocycles. The van der Waals surface area contributed by atoms with Crippen molar-refractivity contribution in [2.24, 2.45) is 0 Å². The van der Waals surface area contributed by atoms with E-state index >= 15 is 0 Å². The average molecular weight is 502 g/mol. The monoisotopic (exact) mass is 500 g/mol. The van der Waals surface area contributed by atoms with Crippen molar-refractivity contribution in [3.63, 3.8) is 0 Å². The summed E-state index contributed by atoms with van der Waals surface area (Å²) in [6.45, 7) is 8.64. The van der Waals surface area contributed by atoms with Crippen molar-refractivity contribution in [2.45, 2.75) is 39.5 Å². The molecule has 4 aromatic rings. The van der Waals surface area contributed by atoms with Crippen LogP contribution in [0, 0.1) is 6.92 Å². The second kappa shape index (κ2) is 8.25. The van der Waals surface area contributed by atoms with Crippen LogP contribution in [0.3, 0.4) is 0 Å². The van der Waals surface area contributed by atoms with Crippen LogP contribution < -0.4 is 0 Å². The highest BCUT2D eigenvalue weighted by Crippen LogP contribution is 2.38. The Hall–Kier alpha value is -2.02. The van der Waals surface area contributed by atoms with Gasteiger partial charge in [-0.3, -0.25) is 0 Å². The minimum atomic E-state index is -0.0103. The first kappa shape index (κ1) is 21.2. The smallest absolute Gasteiger partial charge is 0.168 e. The molecule has 2 aromatic carbocycles. The average Bonchev–Trinajstić information content (AvgIpc) is 3.35. The highest BCUT2D eigenvalue weighted by molar-refractivity contribution is 9.10. The third-order valence-electron chi connectivity index (χ3n) is 5.41. The van der Waals surface area contributed by atoms with Crippen LogP contribution in [0.25, 0.3) is 27.6 Å². The maximum Gasteiger partial charge on any atom is 0.168 e. The lowest BCUT2D eigenvalue weighted by atomic mass is 9.91. The predicted molar refractivity (Wildman–Crippen MR) is 129 cm³/mol. The zero-order valence-electron chi connectivity index (χ0n) is 17.3. The minimum absolute atomic E-state index is 0.0103. The van der Waals surface area contributed by atoms with Gasteiger partial charge >= 0.3 is 0 Å². The molecule has 0 aliphatic rings. The third kappa shape index (κ3) is 3.84. The van der Waals surface area contributed by atoms with Gasteiger partial charge in [-0.25, -0.2) is 4.68 Å². The molecule has 30 heavy (non-hydrogen) atoms. The molecule has 7 heteroatoms. The van der Waals surface area contributed by atoms with Crippen LogP contribution in [-0.4, -0.2) is 20.0 Å². The summed E-state index contributed by atoms with van der Waals surface area (Å²) in [5.41, 5.74) is 4.77. The van der Waals surface area contributed by atoms with Crippen LogP contribution >= 0.6 is 38.9 Å². The fraction of sp³-hybridized carbons (Fsp3) is 0.261. The quantitative estimate of drug-likeness (QED) is 0.285. The van der Waals surface area contributed by atoms with E-state index in [1.54, 1.807) is 11.3 Å². The summed E-state index contributed by atoms with van der Waals surface area (Å²) >= 11 is 11.7. The summed E-state index contributed by atoms with van der Waals surface area (Å²) in [5, 5.41) is 16.4. The summed E-state index contributed by atoms with van der Waals surface area (Å²) in [5.74, 6) is 0. The van der Waals surface area contributed by atoms with Crippen molar-refractivity contribution in [3.05, 3.63) is 68.6 Å². The van der Waals surface area contributed by atoms with E-state index in [4.69, 9.17) is 16.7 Å². The van der Waals surface area contributed by atoms with Gasteiger partial charge in [-0.05, 0) is 37.6 Å². The molecule has 0 aliphatic carbocycles. The number of hydrogen-bond acceptors (Lipinski definition) is 4. The SMILES string of the molecule is CCC(C)(C)c1nnc(-c2nn(-c3ccccc3Cl)c(-c3ccc(Br)cc3)c2C)s1. The number of nitrogens with zero attached hydrogens (tertiary/aromatic N) is 4. The molecule has 0 spiro atoms. The molecule has 4 rings (SSSR count). The Balaban J connectivity index is 1.93. The maximum absolute atomic E-state index is 6.54. The van der Waals surface area contributed by atoms with E-state index in [-0.39, 0.29) is 5.41 Å². The zero-order valence-corrected chi connectivity index (χ0v) is 20.4. The molecule has 154 valence electrons. The normalized spacial score (nSPS) is 11.8. The van der Waals surface area contributed by atoms with E-state index in [9.17, 15) is 0 Å². The van der Waals surface area contributed by atoms with Crippen LogP contribution in [0.2, 0.25) is 5.02 Å². The maximum atomic E-state index is 6.54. The summed E-state index contributed by atoms with van der Waals surface area (Å²) in [4.78, 5) is 0. The van der Waals surface area contributed by atoms with Crippen molar-refractivity contribution in [1.29, 1.82) is 0 Å². The first-order chi connectivity index (χ1) is 14.3. The molecule has 0 radical (unpaired) electrons. The summed E-state index contributed by atoms with van der Waals surface area (Å²) in [6, 6.07) is 16.0. The Morgan fingerprint density at radius 3 is 2.43 bits per heavy atom. The van der Waals surface area contributed by atoms with Gasteiger partial charge in [0.15, 0.2) is 5.01 Å². The van der Waals surface area contributed by atoms with E-state index in [0.717, 1.165) is 49.1 Å². The molecule has 0 fully saturated rings. The molecule has 0 N–H and O–H groups in total. The van der Waals surface area contributed by atoms with Gasteiger partial charge in [-0.2, -0.15) is 5.10 Å². The Morgan fingerprint density at radius 1 is 1.07 bits per heavy atom. The summed E-state index contributed by atoms with van der Waals surface area (Å²) < 4.78 is 2.95. The molecular formula is C23H22BrClN4S. The molecule has 4 nitrogen and oxygen atoms in total. The van der Waals surface area contributed by atoms with Crippen molar-refractivity contribution in [3.8, 4) is 27.6 Å². The molecule has 0 aliphatic heterocycles. The van der Waals surface area contributed by atoms with Gasteiger partial charge in [0.1, 0.15) is 10.7 Å². The number of aromatic nitrogens is 4. The van der Waals surface area contributed by atoms with Gasteiger partial charge in [0.05, 0.1) is 16.4 Å². The summed E-state index contributed by atoms with van der Waals surface area (Å²) in [7, 11) is 0. The first-order valence-corrected chi connectivity index (χ1v) is 11.8. The Bertz CT molecular complexity index is 1190. The highest BCUT2D eigenvalue weighted by Gasteiger charge is 2.26. The third-order valence-corrected chi connectivity index (χ3v) is 7.56. The van der Waals surface area contributed by atoms with Crippen LogP contribution in [0.4, 0.5) is 0 Å². The Morgan fingerprint density at radius 2 is 1.77 bits per heavy atom. The molecule has 0 bridgehead atoms. The van der Waals surface area contributed by atoms with Gasteiger partial charge in [-0.15, -0.1) is 10.2 Å². The van der Waals surface area contributed by atoms with Crippen molar-refractivity contribution in [1.82, 2.24) is 20.0 Å². The Kier molecular flexibility index (Phi) is 5.84. The lowest BCUT2D eigenvalue weighted by Gasteiger charge is -2.17. The lowest BCUT2D eigenvalue weighted by molar-refractivity contribution is 0.498. The standard InChI is InChI=1S/C23H22BrClN4S/c1-5-23(3,4)22-27-26-21(30-22)19-14(2)20(15-10-12-16(24)13-11-15)29(28-19)18-9-7-6-8-17(18)25/h6-13H,5H2,1-4H3. The van der Waals surface area contributed by atoms with Gasteiger partial charge in [-0.1, -0.05) is 83.9 Å². The van der Waals surface area contributed by atoms with Crippen LogP contribution in [-0.2, 0) is 5.41 Å². The molecular weight excluding hydrogens is 480 g/mol. The molecule has 0 saturated carbocycles. The summed E-state index contributed by atoms with van der Waals surface area (Å²) in [6.07, 6.45) is 0.999. The molecule has 0 saturated heterocycles. The topological polar surface area (TPSA) is 43.6 Å². The number of benzene rings is 2. The van der Waals surface area contributed by atoms with E-state index in [2.05, 4.69) is 66.0 Å². The fourth-order valence-electron chi connectivity index (χ4n) is 3.19. The predicted octanol–water partition coefficient (Wildman–Crippen LogP) is 7.47. The number of para-hydroxylation sites is 1. The molecule has 0 amide bonds. The van der Waals surface area contributed by atoms with Crippen LogP contribution in [0.15, 0.2) is 53.0 Å². The Labute approximate surface area is 194 Å². The number of hydrogen-bond donors (Lipinski definition) is 0. The van der Waals surface area contributed by atoms with Gasteiger partial charge in [0.25, 0.3) is 0 Å². The van der Waals surface area contributed by atoms with Crippen LogP contribution in [0.5, 0.6) is 0 Å². The van der Waals surface area contributed by atoms with E-state index in [0.29, 0.717) is 5.02 Å². The second-order valence-electron chi connectivity index (χ2n) is 7.84. The zero-order chi connectivity index (χ0) is 21.5. The molecule has 0 atom stereocenters. The first-order valence-electron chi connectivity index (χ1n) is 9.76. The second-order valence-corrected chi connectivity index (χ2v) is 10.1. The van der Waals surface area contributed by atoms with E-state index in [1.807, 2.05) is 41.1 Å². The molecule has 2 aromatic heterocycles. The van der Waals surface area contributed by atoms with E-state index in [1.165, 1.54) is 0 Å². The number of halogens is 2.